The van der Waals surface area contributed by atoms with Crippen LogP contribution in [0.5, 0.6) is 0 Å². The molecule has 2 N–H and O–H groups in total. The molecule has 5 nitrogen and oxygen atoms in total. The molecule has 3 aromatic heterocycles. The Morgan fingerprint density at radius 3 is 2.87 bits per heavy atom. The summed E-state index contributed by atoms with van der Waals surface area (Å²) in [5.74, 6) is 1.45. The number of nitrogens with zero attached hydrogens (tertiary/aromatic N) is 3. The molecule has 6 heteroatoms. The fraction of sp³-hybridized carbons (Fsp3) is 0.353. The van der Waals surface area contributed by atoms with Gasteiger partial charge in [0.05, 0.1) is 12.0 Å². The van der Waals surface area contributed by atoms with Crippen molar-refractivity contribution < 1.29 is 5.11 Å². The summed E-state index contributed by atoms with van der Waals surface area (Å²) in [5, 5.41) is 16.2. The van der Waals surface area contributed by atoms with Crippen LogP contribution in [0.1, 0.15) is 19.8 Å². The van der Waals surface area contributed by atoms with Gasteiger partial charge in [0.1, 0.15) is 16.3 Å². The third kappa shape index (κ3) is 2.58. The third-order valence-electron chi connectivity index (χ3n) is 4.70. The summed E-state index contributed by atoms with van der Waals surface area (Å²) in [4.78, 5) is 14.6. The molecule has 0 saturated heterocycles. The molecule has 0 spiro atoms. The summed E-state index contributed by atoms with van der Waals surface area (Å²) in [5.41, 5.74) is 0.764. The standard InChI is InChI=1S/C17H18N4OS/c1-11(17(10-22)6-7-17)19-14-12-5-9-23-16(12)21-15(20-14)13-4-2-3-8-18-13/h2-5,8-9,11,22H,6-7,10H2,1H3,(H,19,20,21). The molecular formula is C17H18N4OS. The zero-order valence-corrected chi connectivity index (χ0v) is 13.7. The van der Waals surface area contributed by atoms with Crippen LogP contribution in [-0.4, -0.2) is 32.7 Å². The van der Waals surface area contributed by atoms with Gasteiger partial charge in [-0.15, -0.1) is 11.3 Å². The van der Waals surface area contributed by atoms with Crippen LogP contribution in [0.3, 0.4) is 0 Å². The fourth-order valence-electron chi connectivity index (χ4n) is 2.82. The van der Waals surface area contributed by atoms with Crippen LogP contribution in [0.15, 0.2) is 35.8 Å². The van der Waals surface area contributed by atoms with E-state index in [0.717, 1.165) is 34.6 Å². The average molecular weight is 326 g/mol. The van der Waals surface area contributed by atoms with Crippen molar-refractivity contribution >= 4 is 27.4 Å². The predicted molar refractivity (Wildman–Crippen MR) is 92.5 cm³/mol. The maximum atomic E-state index is 9.63. The van der Waals surface area contributed by atoms with Crippen LogP contribution < -0.4 is 5.32 Å². The lowest BCUT2D eigenvalue weighted by Crippen LogP contribution is -2.30. The minimum absolute atomic E-state index is 0.00153. The Bertz CT molecular complexity index is 829. The molecule has 118 valence electrons. The van der Waals surface area contributed by atoms with Gasteiger partial charge in [-0.05, 0) is 43.3 Å². The molecule has 0 bridgehead atoms. The fourth-order valence-corrected chi connectivity index (χ4v) is 3.59. The van der Waals surface area contributed by atoms with Gasteiger partial charge in [-0.1, -0.05) is 6.07 Å². The summed E-state index contributed by atoms with van der Waals surface area (Å²) >= 11 is 1.60. The van der Waals surface area contributed by atoms with E-state index in [-0.39, 0.29) is 18.1 Å². The van der Waals surface area contributed by atoms with E-state index >= 15 is 0 Å². The van der Waals surface area contributed by atoms with Crippen molar-refractivity contribution in [2.45, 2.75) is 25.8 Å². The number of aliphatic hydroxyl groups is 1. The maximum Gasteiger partial charge on any atom is 0.181 e. The van der Waals surface area contributed by atoms with E-state index < -0.39 is 0 Å². The first kappa shape index (κ1) is 14.5. The Hall–Kier alpha value is -2.05. The second kappa shape index (κ2) is 5.54. The third-order valence-corrected chi connectivity index (χ3v) is 5.50. The molecule has 3 heterocycles. The number of aromatic nitrogens is 3. The lowest BCUT2D eigenvalue weighted by atomic mass is 9.99. The molecule has 3 aromatic rings. The first-order chi connectivity index (χ1) is 11.2. The Morgan fingerprint density at radius 2 is 2.17 bits per heavy atom. The van der Waals surface area contributed by atoms with E-state index in [4.69, 9.17) is 4.98 Å². The molecule has 0 aromatic carbocycles. The molecule has 1 unspecified atom stereocenters. The van der Waals surface area contributed by atoms with Crippen LogP contribution in [0.2, 0.25) is 0 Å². The normalized spacial score (nSPS) is 17.1. The van der Waals surface area contributed by atoms with E-state index in [9.17, 15) is 5.11 Å². The molecule has 1 fully saturated rings. The molecule has 0 amide bonds. The van der Waals surface area contributed by atoms with Crippen molar-refractivity contribution in [2.75, 3.05) is 11.9 Å². The molecule has 1 aliphatic carbocycles. The quantitative estimate of drug-likeness (QED) is 0.752. The van der Waals surface area contributed by atoms with Crippen molar-refractivity contribution in [3.8, 4) is 11.5 Å². The van der Waals surface area contributed by atoms with Gasteiger partial charge in [0, 0.05) is 17.7 Å². The number of thiophene rings is 1. The average Bonchev–Trinajstić information content (AvgIpc) is 3.25. The lowest BCUT2D eigenvalue weighted by molar-refractivity contribution is 0.198. The van der Waals surface area contributed by atoms with Gasteiger partial charge in [0.15, 0.2) is 5.82 Å². The number of hydrogen-bond acceptors (Lipinski definition) is 6. The van der Waals surface area contributed by atoms with Crippen molar-refractivity contribution in [3.05, 3.63) is 35.8 Å². The zero-order valence-electron chi connectivity index (χ0n) is 12.9. The van der Waals surface area contributed by atoms with Crippen molar-refractivity contribution in [3.63, 3.8) is 0 Å². The highest BCUT2D eigenvalue weighted by molar-refractivity contribution is 7.16. The Morgan fingerprint density at radius 1 is 1.30 bits per heavy atom. The van der Waals surface area contributed by atoms with Crippen LogP contribution in [-0.2, 0) is 0 Å². The van der Waals surface area contributed by atoms with Crippen molar-refractivity contribution in [2.24, 2.45) is 5.41 Å². The van der Waals surface area contributed by atoms with E-state index in [1.165, 1.54) is 0 Å². The number of nitrogens with one attached hydrogen (secondary N) is 1. The first-order valence-electron chi connectivity index (χ1n) is 7.76. The Kier molecular flexibility index (Phi) is 3.50. The van der Waals surface area contributed by atoms with Gasteiger partial charge in [-0.3, -0.25) is 4.98 Å². The van der Waals surface area contributed by atoms with Gasteiger partial charge < -0.3 is 10.4 Å². The molecule has 1 aliphatic rings. The Labute approximate surface area is 138 Å². The van der Waals surface area contributed by atoms with Crippen molar-refractivity contribution in [1.82, 2.24) is 15.0 Å². The van der Waals surface area contributed by atoms with Gasteiger partial charge in [0.25, 0.3) is 0 Å². The predicted octanol–water partition coefficient (Wildman–Crippen LogP) is 3.33. The van der Waals surface area contributed by atoms with Gasteiger partial charge in [-0.2, -0.15) is 0 Å². The number of hydrogen-bond donors (Lipinski definition) is 2. The highest BCUT2D eigenvalue weighted by atomic mass is 32.1. The monoisotopic (exact) mass is 326 g/mol. The van der Waals surface area contributed by atoms with Crippen LogP contribution in [0.4, 0.5) is 5.82 Å². The molecule has 0 radical (unpaired) electrons. The van der Waals surface area contributed by atoms with Gasteiger partial charge >= 0.3 is 0 Å². The van der Waals surface area contributed by atoms with Crippen molar-refractivity contribution in [1.29, 1.82) is 0 Å². The summed E-state index contributed by atoms with van der Waals surface area (Å²) in [6, 6.07) is 7.94. The van der Waals surface area contributed by atoms with E-state index in [2.05, 4.69) is 22.2 Å². The molecular weight excluding hydrogens is 308 g/mol. The van der Waals surface area contributed by atoms with Crippen LogP contribution in [0, 0.1) is 5.41 Å². The SMILES string of the molecule is CC(Nc1nc(-c2ccccn2)nc2sccc12)C1(CO)CC1. The van der Waals surface area contributed by atoms with Gasteiger partial charge in [0.2, 0.25) is 0 Å². The molecule has 1 saturated carbocycles. The highest BCUT2D eigenvalue weighted by Gasteiger charge is 2.47. The second-order valence-electron chi connectivity index (χ2n) is 6.14. The summed E-state index contributed by atoms with van der Waals surface area (Å²) in [6.07, 6.45) is 3.86. The summed E-state index contributed by atoms with van der Waals surface area (Å²) in [7, 11) is 0. The van der Waals surface area contributed by atoms with Gasteiger partial charge in [-0.25, -0.2) is 9.97 Å². The number of anilines is 1. The largest absolute Gasteiger partial charge is 0.396 e. The smallest absolute Gasteiger partial charge is 0.181 e. The lowest BCUT2D eigenvalue weighted by Gasteiger charge is -2.23. The molecule has 4 rings (SSSR count). The topological polar surface area (TPSA) is 70.9 Å². The van der Waals surface area contributed by atoms with E-state index in [1.54, 1.807) is 17.5 Å². The van der Waals surface area contributed by atoms with E-state index in [0.29, 0.717) is 5.82 Å². The number of pyridine rings is 1. The van der Waals surface area contributed by atoms with E-state index in [1.807, 2.05) is 29.6 Å². The molecule has 0 aliphatic heterocycles. The van der Waals surface area contributed by atoms with Crippen LogP contribution in [0.25, 0.3) is 21.7 Å². The van der Waals surface area contributed by atoms with Crippen LogP contribution >= 0.6 is 11.3 Å². The molecule has 23 heavy (non-hydrogen) atoms. The number of aliphatic hydroxyl groups excluding tert-OH is 1. The second-order valence-corrected chi connectivity index (χ2v) is 7.03. The summed E-state index contributed by atoms with van der Waals surface area (Å²) < 4.78 is 0. The zero-order chi connectivity index (χ0) is 15.9. The first-order valence-corrected chi connectivity index (χ1v) is 8.64. The number of rotatable bonds is 5. The highest BCUT2D eigenvalue weighted by Crippen LogP contribution is 2.49. The summed E-state index contributed by atoms with van der Waals surface area (Å²) in [6.45, 7) is 2.33. The molecule has 1 atom stereocenters. The Balaban J connectivity index is 1.74. The minimum Gasteiger partial charge on any atom is -0.396 e. The maximum absolute atomic E-state index is 9.63. The number of fused-ring (bicyclic) bond motifs is 1. The minimum atomic E-state index is -0.00153.